The number of aromatic nitrogens is 2. The summed E-state index contributed by atoms with van der Waals surface area (Å²) >= 11 is 2.43. The zero-order valence-corrected chi connectivity index (χ0v) is 14.3. The van der Waals surface area contributed by atoms with Crippen LogP contribution in [0.1, 0.15) is 38.2 Å². The molecule has 5 nitrogen and oxygen atoms in total. The van der Waals surface area contributed by atoms with Crippen molar-refractivity contribution >= 4 is 22.6 Å². The highest BCUT2D eigenvalue weighted by Crippen LogP contribution is 2.20. The predicted molar refractivity (Wildman–Crippen MR) is 88.1 cm³/mol. The Balaban J connectivity index is 1.86. The fourth-order valence-electron chi connectivity index (χ4n) is 2.66. The van der Waals surface area contributed by atoms with Crippen molar-refractivity contribution in [2.24, 2.45) is 0 Å². The van der Waals surface area contributed by atoms with Gasteiger partial charge < -0.3 is 15.4 Å². The van der Waals surface area contributed by atoms with Crippen molar-refractivity contribution in [3.05, 3.63) is 18.0 Å². The number of rotatable bonds is 6. The maximum absolute atomic E-state index is 4.97. The van der Waals surface area contributed by atoms with Crippen LogP contribution in [0.25, 0.3) is 0 Å². The Kier molecular flexibility index (Phi) is 6.44. The molecule has 0 bridgehead atoms. The van der Waals surface area contributed by atoms with Gasteiger partial charge in [-0.05, 0) is 19.8 Å². The first-order valence-electron chi connectivity index (χ1n) is 7.17. The first-order valence-corrected chi connectivity index (χ1v) is 8.42. The minimum absolute atomic E-state index is 0.421. The average Bonchev–Trinajstić information content (AvgIpc) is 2.46. The third-order valence-corrected chi connectivity index (χ3v) is 4.00. The number of hydrogen-bond donors (Lipinski definition) is 2. The van der Waals surface area contributed by atoms with Crippen LogP contribution in [-0.2, 0) is 6.54 Å². The van der Waals surface area contributed by atoms with Crippen LogP contribution < -0.4 is 15.4 Å². The quantitative estimate of drug-likeness (QED) is 0.443. The zero-order valence-electron chi connectivity index (χ0n) is 12.1. The summed E-state index contributed by atoms with van der Waals surface area (Å²) in [5, 5.41) is 7.30. The molecular weight excluding hydrogens is 367 g/mol. The molecule has 1 aromatic heterocycles. The molecule has 0 amide bonds. The number of hydrogen-bond acceptors (Lipinski definition) is 5. The van der Waals surface area contributed by atoms with E-state index < -0.39 is 0 Å². The second kappa shape index (κ2) is 8.09. The second-order valence-electron chi connectivity index (χ2n) is 5.24. The molecule has 1 saturated carbocycles. The van der Waals surface area contributed by atoms with Crippen molar-refractivity contribution in [3.8, 4) is 6.01 Å². The standard InChI is InChI=1S/C14H23IN4O/c1-10(15)19-13-6-4-3-5-12(13)16-7-11-8-17-14(20-2)18-9-11/h8-10,12-13,16,19H,3-7H2,1-2H3. The van der Waals surface area contributed by atoms with Gasteiger partial charge in [-0.3, -0.25) is 0 Å². The molecule has 3 atom stereocenters. The summed E-state index contributed by atoms with van der Waals surface area (Å²) in [7, 11) is 1.58. The largest absolute Gasteiger partial charge is 0.467 e. The summed E-state index contributed by atoms with van der Waals surface area (Å²) in [6.07, 6.45) is 8.77. The van der Waals surface area contributed by atoms with Crippen LogP contribution in [0.15, 0.2) is 12.4 Å². The van der Waals surface area contributed by atoms with Crippen LogP contribution in [0.4, 0.5) is 0 Å². The van der Waals surface area contributed by atoms with Crippen molar-refractivity contribution in [3.63, 3.8) is 0 Å². The lowest BCUT2D eigenvalue weighted by molar-refractivity contribution is 0.283. The molecule has 6 heteroatoms. The van der Waals surface area contributed by atoms with Gasteiger partial charge in [-0.15, -0.1) is 0 Å². The van der Waals surface area contributed by atoms with Crippen LogP contribution in [0.3, 0.4) is 0 Å². The lowest BCUT2D eigenvalue weighted by Crippen LogP contribution is -2.50. The van der Waals surface area contributed by atoms with Gasteiger partial charge >= 0.3 is 6.01 Å². The van der Waals surface area contributed by atoms with Gasteiger partial charge in [-0.2, -0.15) is 0 Å². The van der Waals surface area contributed by atoms with Crippen molar-refractivity contribution in [1.82, 2.24) is 20.6 Å². The van der Waals surface area contributed by atoms with Gasteiger partial charge in [0.1, 0.15) is 0 Å². The zero-order chi connectivity index (χ0) is 14.4. The number of halogens is 1. The molecule has 3 unspecified atom stereocenters. The topological polar surface area (TPSA) is 59.1 Å². The Morgan fingerprint density at radius 3 is 2.55 bits per heavy atom. The highest BCUT2D eigenvalue weighted by molar-refractivity contribution is 14.1. The van der Waals surface area contributed by atoms with Crippen LogP contribution >= 0.6 is 22.6 Å². The normalized spacial score (nSPS) is 24.4. The van der Waals surface area contributed by atoms with Crippen molar-refractivity contribution in [1.29, 1.82) is 0 Å². The number of nitrogens with one attached hydrogen (secondary N) is 2. The maximum Gasteiger partial charge on any atom is 0.316 e. The Bertz CT molecular complexity index is 399. The third-order valence-electron chi connectivity index (χ3n) is 3.64. The molecule has 1 aliphatic carbocycles. The van der Waals surface area contributed by atoms with Gasteiger partial charge in [0, 0.05) is 36.6 Å². The van der Waals surface area contributed by atoms with Gasteiger partial charge in [0.2, 0.25) is 0 Å². The number of methoxy groups -OCH3 is 1. The van der Waals surface area contributed by atoms with E-state index in [0.717, 1.165) is 12.1 Å². The van der Waals surface area contributed by atoms with Gasteiger partial charge in [-0.25, -0.2) is 9.97 Å². The molecule has 1 heterocycles. The monoisotopic (exact) mass is 390 g/mol. The van der Waals surface area contributed by atoms with E-state index >= 15 is 0 Å². The second-order valence-corrected chi connectivity index (χ2v) is 7.11. The smallest absolute Gasteiger partial charge is 0.316 e. The molecule has 1 aliphatic rings. The van der Waals surface area contributed by atoms with Crippen LogP contribution in [0.5, 0.6) is 6.01 Å². The number of ether oxygens (including phenoxy) is 1. The van der Waals surface area contributed by atoms with E-state index in [2.05, 4.69) is 50.1 Å². The van der Waals surface area contributed by atoms with Gasteiger partial charge in [-0.1, -0.05) is 35.4 Å². The molecule has 0 aliphatic heterocycles. The minimum Gasteiger partial charge on any atom is -0.467 e. The van der Waals surface area contributed by atoms with E-state index in [4.69, 9.17) is 4.74 Å². The van der Waals surface area contributed by atoms with Crippen LogP contribution in [0, 0.1) is 0 Å². The first-order chi connectivity index (χ1) is 9.69. The van der Waals surface area contributed by atoms with E-state index in [1.165, 1.54) is 25.7 Å². The molecule has 1 aromatic rings. The molecule has 112 valence electrons. The number of alkyl halides is 1. The van der Waals surface area contributed by atoms with Crippen molar-refractivity contribution in [2.45, 2.75) is 55.3 Å². The highest BCUT2D eigenvalue weighted by Gasteiger charge is 2.25. The van der Waals surface area contributed by atoms with Crippen molar-refractivity contribution < 1.29 is 4.74 Å². The minimum atomic E-state index is 0.421. The Morgan fingerprint density at radius 2 is 1.95 bits per heavy atom. The Morgan fingerprint density at radius 1 is 1.30 bits per heavy atom. The lowest BCUT2D eigenvalue weighted by atomic mass is 9.90. The van der Waals surface area contributed by atoms with Gasteiger partial charge in [0.15, 0.2) is 0 Å². The Hall–Kier alpha value is -0.470. The highest BCUT2D eigenvalue weighted by atomic mass is 127. The van der Waals surface area contributed by atoms with E-state index in [1.54, 1.807) is 7.11 Å². The molecule has 2 N–H and O–H groups in total. The molecule has 0 spiro atoms. The summed E-state index contributed by atoms with van der Waals surface area (Å²) in [5.41, 5.74) is 1.10. The fourth-order valence-corrected chi connectivity index (χ4v) is 3.12. The van der Waals surface area contributed by atoms with E-state index in [9.17, 15) is 0 Å². The molecule has 0 radical (unpaired) electrons. The summed E-state index contributed by atoms with van der Waals surface area (Å²) in [6.45, 7) is 3.01. The molecule has 0 saturated heterocycles. The first kappa shape index (κ1) is 15.9. The summed E-state index contributed by atoms with van der Waals surface area (Å²) in [5.74, 6) is 0. The van der Waals surface area contributed by atoms with E-state index in [1.807, 2.05) is 12.4 Å². The maximum atomic E-state index is 4.97. The Labute approximate surface area is 134 Å². The summed E-state index contributed by atoms with van der Waals surface area (Å²) in [4.78, 5) is 8.28. The third kappa shape index (κ3) is 4.82. The van der Waals surface area contributed by atoms with Crippen LogP contribution in [-0.4, -0.2) is 33.2 Å². The molecule has 20 heavy (non-hydrogen) atoms. The number of nitrogens with zero attached hydrogens (tertiary/aromatic N) is 2. The van der Waals surface area contributed by atoms with Gasteiger partial charge in [0.25, 0.3) is 0 Å². The lowest BCUT2D eigenvalue weighted by Gasteiger charge is -2.34. The van der Waals surface area contributed by atoms with Crippen LogP contribution in [0.2, 0.25) is 0 Å². The average molecular weight is 390 g/mol. The fraction of sp³-hybridized carbons (Fsp3) is 0.714. The van der Waals surface area contributed by atoms with E-state index in [-0.39, 0.29) is 0 Å². The molecule has 1 fully saturated rings. The summed E-state index contributed by atoms with van der Waals surface area (Å²) < 4.78 is 5.47. The SMILES string of the molecule is COc1ncc(CNC2CCCCC2NC(C)I)cn1. The van der Waals surface area contributed by atoms with Crippen molar-refractivity contribution in [2.75, 3.05) is 7.11 Å². The molecule has 2 rings (SSSR count). The van der Waals surface area contributed by atoms with E-state index in [0.29, 0.717) is 22.1 Å². The molecular formula is C14H23IN4O. The molecule has 0 aromatic carbocycles. The summed E-state index contributed by atoms with van der Waals surface area (Å²) in [6, 6.07) is 1.52. The predicted octanol–water partition coefficient (Wildman–Crippen LogP) is 2.26. The van der Waals surface area contributed by atoms with Gasteiger partial charge in [0.05, 0.1) is 11.2 Å².